The first kappa shape index (κ1) is 10.8. The second kappa shape index (κ2) is 4.90. The number of hydrogen-bond acceptors (Lipinski definition) is 3. The van der Waals surface area contributed by atoms with E-state index in [-0.39, 0.29) is 0 Å². The molecule has 0 radical (unpaired) electrons. The quantitative estimate of drug-likeness (QED) is 0.846. The lowest BCUT2D eigenvalue weighted by atomic mass is 10.1. The summed E-state index contributed by atoms with van der Waals surface area (Å²) < 4.78 is 1.90. The third-order valence-electron chi connectivity index (χ3n) is 2.44. The molecule has 0 atom stereocenters. The van der Waals surface area contributed by atoms with Crippen LogP contribution in [0.5, 0.6) is 0 Å². The Morgan fingerprint density at radius 1 is 1.38 bits per heavy atom. The second-order valence-corrected chi connectivity index (χ2v) is 3.75. The van der Waals surface area contributed by atoms with Gasteiger partial charge in [-0.1, -0.05) is 13.3 Å². The van der Waals surface area contributed by atoms with Crippen LogP contribution in [-0.4, -0.2) is 14.5 Å². The fraction of sp³-hybridized carbons (Fsp3) is 0.333. The van der Waals surface area contributed by atoms with E-state index in [1.165, 1.54) is 0 Å². The molecule has 0 saturated carbocycles. The maximum absolute atomic E-state index is 5.68. The Hall–Kier alpha value is -1.68. The average molecular weight is 216 g/mol. The summed E-state index contributed by atoms with van der Waals surface area (Å²) in [6, 6.07) is 4.07. The van der Waals surface area contributed by atoms with Gasteiger partial charge in [0.25, 0.3) is 0 Å². The van der Waals surface area contributed by atoms with Crippen LogP contribution in [-0.2, 0) is 13.0 Å². The molecule has 0 amide bonds. The van der Waals surface area contributed by atoms with E-state index >= 15 is 0 Å². The van der Waals surface area contributed by atoms with Crippen molar-refractivity contribution in [3.05, 3.63) is 42.1 Å². The van der Waals surface area contributed by atoms with Gasteiger partial charge in [-0.05, 0) is 24.1 Å². The van der Waals surface area contributed by atoms with Gasteiger partial charge in [0.1, 0.15) is 12.1 Å². The van der Waals surface area contributed by atoms with Crippen molar-refractivity contribution in [2.75, 3.05) is 0 Å². The van der Waals surface area contributed by atoms with Crippen LogP contribution in [0.15, 0.2) is 30.9 Å². The van der Waals surface area contributed by atoms with Crippen molar-refractivity contribution in [1.29, 1.82) is 0 Å². The van der Waals surface area contributed by atoms with Crippen LogP contribution in [0.3, 0.4) is 0 Å². The number of rotatable bonds is 4. The predicted molar refractivity (Wildman–Crippen MR) is 63.2 cm³/mol. The monoisotopic (exact) mass is 216 g/mol. The Labute approximate surface area is 95.1 Å². The Morgan fingerprint density at radius 2 is 2.25 bits per heavy atom. The summed E-state index contributed by atoms with van der Waals surface area (Å²) in [6.07, 6.45) is 7.45. The first-order valence-corrected chi connectivity index (χ1v) is 5.51. The summed E-state index contributed by atoms with van der Waals surface area (Å²) in [7, 11) is 0. The molecule has 4 nitrogen and oxygen atoms in total. The summed E-state index contributed by atoms with van der Waals surface area (Å²) in [5.74, 6) is 0.893. The summed E-state index contributed by atoms with van der Waals surface area (Å²) in [4.78, 5) is 8.60. The van der Waals surface area contributed by atoms with Crippen LogP contribution in [0.4, 0.5) is 0 Å². The molecule has 0 fully saturated rings. The zero-order valence-electron chi connectivity index (χ0n) is 9.43. The first-order chi connectivity index (χ1) is 7.83. The molecule has 0 bridgehead atoms. The molecule has 84 valence electrons. The third-order valence-corrected chi connectivity index (χ3v) is 2.44. The molecular formula is C12H16N4. The minimum absolute atomic E-state index is 0.543. The molecular weight excluding hydrogens is 200 g/mol. The fourth-order valence-electron chi connectivity index (χ4n) is 1.66. The normalized spacial score (nSPS) is 10.6. The van der Waals surface area contributed by atoms with Crippen LogP contribution in [0.1, 0.15) is 24.6 Å². The smallest absolute Gasteiger partial charge is 0.138 e. The van der Waals surface area contributed by atoms with Crippen molar-refractivity contribution < 1.29 is 0 Å². The molecule has 16 heavy (non-hydrogen) atoms. The van der Waals surface area contributed by atoms with Crippen molar-refractivity contribution >= 4 is 0 Å². The van der Waals surface area contributed by atoms with Crippen LogP contribution in [0, 0.1) is 0 Å². The van der Waals surface area contributed by atoms with Crippen molar-refractivity contribution in [1.82, 2.24) is 14.5 Å². The molecule has 0 unspecified atom stereocenters. The molecule has 4 heteroatoms. The van der Waals surface area contributed by atoms with Crippen molar-refractivity contribution in [2.45, 2.75) is 26.3 Å². The van der Waals surface area contributed by atoms with Crippen LogP contribution in [0.2, 0.25) is 0 Å². The highest BCUT2D eigenvalue weighted by atomic mass is 15.1. The highest BCUT2D eigenvalue weighted by molar-refractivity contribution is 5.31. The molecule has 2 aromatic heterocycles. The molecule has 0 spiro atoms. The Balaban J connectivity index is 2.41. The molecule has 2 aromatic rings. The van der Waals surface area contributed by atoms with E-state index in [0.29, 0.717) is 6.54 Å². The van der Waals surface area contributed by atoms with Gasteiger partial charge in [0.2, 0.25) is 0 Å². The standard InChI is InChI=1S/C12H16N4/c1-2-3-11-6-10(8-13)7-12(15-11)16-5-4-14-9-16/h4-7,9H,2-3,8,13H2,1H3. The van der Waals surface area contributed by atoms with E-state index in [0.717, 1.165) is 29.9 Å². The van der Waals surface area contributed by atoms with E-state index in [4.69, 9.17) is 5.73 Å². The third kappa shape index (κ3) is 2.28. The van der Waals surface area contributed by atoms with Crippen LogP contribution >= 0.6 is 0 Å². The molecule has 2 rings (SSSR count). The maximum Gasteiger partial charge on any atom is 0.138 e. The maximum atomic E-state index is 5.68. The molecule has 0 aliphatic heterocycles. The largest absolute Gasteiger partial charge is 0.326 e. The van der Waals surface area contributed by atoms with E-state index in [1.807, 2.05) is 16.8 Å². The number of hydrogen-bond donors (Lipinski definition) is 1. The van der Waals surface area contributed by atoms with Crippen molar-refractivity contribution in [3.63, 3.8) is 0 Å². The van der Waals surface area contributed by atoms with E-state index in [1.54, 1.807) is 12.5 Å². The number of nitrogens with two attached hydrogens (primary N) is 1. The van der Waals surface area contributed by atoms with E-state index in [2.05, 4.69) is 23.0 Å². The van der Waals surface area contributed by atoms with Gasteiger partial charge in [-0.2, -0.15) is 0 Å². The zero-order chi connectivity index (χ0) is 11.4. The Bertz CT molecular complexity index is 448. The number of imidazole rings is 1. The summed E-state index contributed by atoms with van der Waals surface area (Å²) in [6.45, 7) is 2.69. The average Bonchev–Trinajstić information content (AvgIpc) is 2.82. The SMILES string of the molecule is CCCc1cc(CN)cc(-n2ccnc2)n1. The van der Waals surface area contributed by atoms with Gasteiger partial charge in [-0.25, -0.2) is 9.97 Å². The molecule has 0 saturated heterocycles. The highest BCUT2D eigenvalue weighted by Gasteiger charge is 2.03. The van der Waals surface area contributed by atoms with Gasteiger partial charge in [-0.15, -0.1) is 0 Å². The number of nitrogens with zero attached hydrogens (tertiary/aromatic N) is 3. The van der Waals surface area contributed by atoms with Crippen LogP contribution in [0.25, 0.3) is 5.82 Å². The minimum atomic E-state index is 0.543. The topological polar surface area (TPSA) is 56.7 Å². The fourth-order valence-corrected chi connectivity index (χ4v) is 1.66. The molecule has 2 N–H and O–H groups in total. The summed E-state index contributed by atoms with van der Waals surface area (Å²) >= 11 is 0. The van der Waals surface area contributed by atoms with Gasteiger partial charge in [-0.3, -0.25) is 4.57 Å². The minimum Gasteiger partial charge on any atom is -0.326 e. The van der Waals surface area contributed by atoms with Crippen LogP contribution < -0.4 is 5.73 Å². The Kier molecular flexibility index (Phi) is 3.31. The van der Waals surface area contributed by atoms with Gasteiger partial charge in [0.15, 0.2) is 0 Å². The highest BCUT2D eigenvalue weighted by Crippen LogP contribution is 2.11. The predicted octanol–water partition coefficient (Wildman–Crippen LogP) is 1.68. The first-order valence-electron chi connectivity index (χ1n) is 5.51. The number of aryl methyl sites for hydroxylation is 1. The van der Waals surface area contributed by atoms with Gasteiger partial charge in [0.05, 0.1) is 0 Å². The molecule has 0 aliphatic rings. The lowest BCUT2D eigenvalue weighted by molar-refractivity contribution is 0.853. The van der Waals surface area contributed by atoms with Crippen molar-refractivity contribution in [2.24, 2.45) is 5.73 Å². The number of pyridine rings is 1. The lowest BCUT2D eigenvalue weighted by Gasteiger charge is -2.07. The van der Waals surface area contributed by atoms with Crippen molar-refractivity contribution in [3.8, 4) is 5.82 Å². The molecule has 0 aromatic carbocycles. The number of aromatic nitrogens is 3. The zero-order valence-corrected chi connectivity index (χ0v) is 9.43. The molecule has 2 heterocycles. The van der Waals surface area contributed by atoms with E-state index in [9.17, 15) is 0 Å². The van der Waals surface area contributed by atoms with Gasteiger partial charge >= 0.3 is 0 Å². The van der Waals surface area contributed by atoms with Gasteiger partial charge < -0.3 is 5.73 Å². The molecule has 0 aliphatic carbocycles. The Morgan fingerprint density at radius 3 is 2.88 bits per heavy atom. The van der Waals surface area contributed by atoms with Gasteiger partial charge in [0, 0.05) is 24.6 Å². The second-order valence-electron chi connectivity index (χ2n) is 3.75. The summed E-state index contributed by atoms with van der Waals surface area (Å²) in [5, 5.41) is 0. The lowest BCUT2D eigenvalue weighted by Crippen LogP contribution is -2.04. The van der Waals surface area contributed by atoms with E-state index < -0.39 is 0 Å². The summed E-state index contributed by atoms with van der Waals surface area (Å²) in [5.41, 5.74) is 7.89.